The van der Waals surface area contributed by atoms with Crippen LogP contribution in [-0.2, 0) is 13.1 Å². The fraction of sp³-hybridized carbons (Fsp3) is 0.133. The van der Waals surface area contributed by atoms with E-state index in [1.807, 2.05) is 29.2 Å². The third-order valence-corrected chi connectivity index (χ3v) is 3.37. The molecular weight excluding hydrogens is 245 g/mol. The van der Waals surface area contributed by atoms with Crippen LogP contribution in [0.4, 0.5) is 10.1 Å². The van der Waals surface area contributed by atoms with Gasteiger partial charge >= 0.3 is 5.97 Å². The second-order valence-corrected chi connectivity index (χ2v) is 4.59. The molecule has 0 fully saturated rings. The summed E-state index contributed by atoms with van der Waals surface area (Å²) in [4.78, 5) is 13.2. The molecule has 2 aromatic carbocycles. The summed E-state index contributed by atoms with van der Waals surface area (Å²) in [5.74, 6) is -1.64. The van der Waals surface area contributed by atoms with Crippen molar-refractivity contribution >= 4 is 11.7 Å². The van der Waals surface area contributed by atoms with Gasteiger partial charge in [0, 0.05) is 13.1 Å². The molecule has 0 spiro atoms. The van der Waals surface area contributed by atoms with Gasteiger partial charge in [-0.05, 0) is 29.3 Å². The standard InChI is InChI=1S/C15H12FNO2/c16-12-5-6-14(13(7-12)15(18)19)17-8-10-3-1-2-4-11(10)9-17/h1-7H,8-9H2,(H,18,19). The van der Waals surface area contributed by atoms with Crippen molar-refractivity contribution in [1.82, 2.24) is 0 Å². The maximum Gasteiger partial charge on any atom is 0.337 e. The summed E-state index contributed by atoms with van der Waals surface area (Å²) in [5.41, 5.74) is 2.93. The predicted molar refractivity (Wildman–Crippen MR) is 69.7 cm³/mol. The van der Waals surface area contributed by atoms with Crippen LogP contribution in [0.5, 0.6) is 0 Å². The molecule has 2 aromatic rings. The molecule has 0 aliphatic carbocycles. The lowest BCUT2D eigenvalue weighted by Crippen LogP contribution is -2.18. The van der Waals surface area contributed by atoms with E-state index in [-0.39, 0.29) is 5.56 Å². The summed E-state index contributed by atoms with van der Waals surface area (Å²) in [6.45, 7) is 1.31. The highest BCUT2D eigenvalue weighted by molar-refractivity contribution is 5.94. The number of rotatable bonds is 2. The maximum atomic E-state index is 13.2. The molecule has 3 nitrogen and oxygen atoms in total. The molecule has 1 N–H and O–H groups in total. The zero-order valence-corrected chi connectivity index (χ0v) is 10.1. The Morgan fingerprint density at radius 3 is 2.32 bits per heavy atom. The Kier molecular flexibility index (Phi) is 2.71. The molecule has 0 bridgehead atoms. The van der Waals surface area contributed by atoms with E-state index in [2.05, 4.69) is 0 Å². The predicted octanol–water partition coefficient (Wildman–Crippen LogP) is 3.04. The van der Waals surface area contributed by atoms with Crippen molar-refractivity contribution in [2.75, 3.05) is 4.90 Å². The number of benzene rings is 2. The van der Waals surface area contributed by atoms with E-state index in [0.717, 1.165) is 6.07 Å². The van der Waals surface area contributed by atoms with Crippen LogP contribution in [0.25, 0.3) is 0 Å². The minimum atomic E-state index is -1.11. The highest BCUT2D eigenvalue weighted by atomic mass is 19.1. The Morgan fingerprint density at radius 1 is 1.11 bits per heavy atom. The van der Waals surface area contributed by atoms with Crippen LogP contribution in [0.15, 0.2) is 42.5 Å². The molecule has 0 atom stereocenters. The molecule has 1 heterocycles. The van der Waals surface area contributed by atoms with Crippen LogP contribution in [0.2, 0.25) is 0 Å². The SMILES string of the molecule is O=C(O)c1cc(F)ccc1N1Cc2ccccc2C1. The Morgan fingerprint density at radius 2 is 1.74 bits per heavy atom. The Hall–Kier alpha value is -2.36. The number of nitrogens with zero attached hydrogens (tertiary/aromatic N) is 1. The Bertz CT molecular complexity index is 629. The maximum absolute atomic E-state index is 13.2. The molecule has 1 aliphatic rings. The van der Waals surface area contributed by atoms with Crippen molar-refractivity contribution in [3.05, 3.63) is 65.0 Å². The molecule has 0 amide bonds. The first-order valence-corrected chi connectivity index (χ1v) is 6.00. The van der Waals surface area contributed by atoms with Crippen molar-refractivity contribution in [2.24, 2.45) is 0 Å². The van der Waals surface area contributed by atoms with Crippen molar-refractivity contribution in [3.63, 3.8) is 0 Å². The van der Waals surface area contributed by atoms with Crippen LogP contribution >= 0.6 is 0 Å². The molecule has 3 rings (SSSR count). The summed E-state index contributed by atoms with van der Waals surface area (Å²) in [6.07, 6.45) is 0. The minimum absolute atomic E-state index is 0.00723. The lowest BCUT2D eigenvalue weighted by Gasteiger charge is -2.19. The fourth-order valence-corrected chi connectivity index (χ4v) is 2.46. The molecular formula is C15H12FNO2. The molecule has 0 aromatic heterocycles. The third-order valence-electron chi connectivity index (χ3n) is 3.37. The third kappa shape index (κ3) is 2.05. The summed E-state index contributed by atoms with van der Waals surface area (Å²) in [7, 11) is 0. The molecule has 1 aliphatic heterocycles. The van der Waals surface area contributed by atoms with Gasteiger partial charge in [-0.1, -0.05) is 24.3 Å². The summed E-state index contributed by atoms with van der Waals surface area (Å²) in [6, 6.07) is 11.9. The van der Waals surface area contributed by atoms with E-state index in [4.69, 9.17) is 0 Å². The Balaban J connectivity index is 1.99. The van der Waals surface area contributed by atoms with Gasteiger partial charge in [0.15, 0.2) is 0 Å². The zero-order valence-electron chi connectivity index (χ0n) is 10.1. The first kappa shape index (κ1) is 11.7. The van der Waals surface area contributed by atoms with E-state index in [1.54, 1.807) is 0 Å². The number of fused-ring (bicyclic) bond motifs is 1. The summed E-state index contributed by atoms with van der Waals surface area (Å²) < 4.78 is 13.2. The van der Waals surface area contributed by atoms with Gasteiger partial charge in [-0.15, -0.1) is 0 Å². The van der Waals surface area contributed by atoms with Gasteiger partial charge in [0.2, 0.25) is 0 Å². The number of carboxylic acid groups (broad SMARTS) is 1. The first-order valence-electron chi connectivity index (χ1n) is 6.00. The van der Waals surface area contributed by atoms with Crippen LogP contribution in [0.1, 0.15) is 21.5 Å². The van der Waals surface area contributed by atoms with Crippen LogP contribution in [0, 0.1) is 5.82 Å². The lowest BCUT2D eigenvalue weighted by molar-refractivity contribution is 0.0697. The molecule has 19 heavy (non-hydrogen) atoms. The first-order chi connectivity index (χ1) is 9.15. The van der Waals surface area contributed by atoms with Crippen LogP contribution < -0.4 is 4.90 Å². The van der Waals surface area contributed by atoms with Crippen molar-refractivity contribution in [2.45, 2.75) is 13.1 Å². The number of halogens is 1. The van der Waals surface area contributed by atoms with Crippen molar-refractivity contribution in [3.8, 4) is 0 Å². The van der Waals surface area contributed by atoms with Gasteiger partial charge in [-0.2, -0.15) is 0 Å². The average molecular weight is 257 g/mol. The van der Waals surface area contributed by atoms with Gasteiger partial charge < -0.3 is 10.0 Å². The monoisotopic (exact) mass is 257 g/mol. The van der Waals surface area contributed by atoms with Gasteiger partial charge in [-0.25, -0.2) is 9.18 Å². The number of aromatic carboxylic acids is 1. The van der Waals surface area contributed by atoms with Gasteiger partial charge in [0.05, 0.1) is 11.3 Å². The van der Waals surface area contributed by atoms with E-state index in [1.165, 1.54) is 23.3 Å². The highest BCUT2D eigenvalue weighted by Gasteiger charge is 2.23. The largest absolute Gasteiger partial charge is 0.478 e. The number of hydrogen-bond donors (Lipinski definition) is 1. The number of carbonyl (C=O) groups is 1. The fourth-order valence-electron chi connectivity index (χ4n) is 2.46. The Labute approximate surface area is 109 Å². The molecule has 4 heteroatoms. The molecule has 0 saturated heterocycles. The van der Waals surface area contributed by atoms with E-state index in [0.29, 0.717) is 18.8 Å². The summed E-state index contributed by atoms with van der Waals surface area (Å²) >= 11 is 0. The second kappa shape index (κ2) is 4.39. The van der Waals surface area contributed by atoms with E-state index >= 15 is 0 Å². The average Bonchev–Trinajstić information content (AvgIpc) is 2.82. The lowest BCUT2D eigenvalue weighted by atomic mass is 10.1. The highest BCUT2D eigenvalue weighted by Crippen LogP contribution is 2.30. The topological polar surface area (TPSA) is 40.5 Å². The number of anilines is 1. The second-order valence-electron chi connectivity index (χ2n) is 4.59. The number of hydrogen-bond acceptors (Lipinski definition) is 2. The van der Waals surface area contributed by atoms with Crippen LogP contribution in [-0.4, -0.2) is 11.1 Å². The normalized spacial score (nSPS) is 13.4. The quantitative estimate of drug-likeness (QED) is 0.899. The summed E-state index contributed by atoms with van der Waals surface area (Å²) in [5, 5.41) is 9.17. The minimum Gasteiger partial charge on any atom is -0.478 e. The molecule has 0 saturated carbocycles. The number of carboxylic acids is 1. The molecule has 0 unspecified atom stereocenters. The zero-order chi connectivity index (χ0) is 13.4. The molecule has 96 valence electrons. The van der Waals surface area contributed by atoms with Gasteiger partial charge in [0.25, 0.3) is 0 Å². The smallest absolute Gasteiger partial charge is 0.337 e. The molecule has 0 radical (unpaired) electrons. The van der Waals surface area contributed by atoms with Crippen molar-refractivity contribution in [1.29, 1.82) is 0 Å². The van der Waals surface area contributed by atoms with E-state index < -0.39 is 11.8 Å². The van der Waals surface area contributed by atoms with Crippen molar-refractivity contribution < 1.29 is 14.3 Å². The van der Waals surface area contributed by atoms with Gasteiger partial charge in [-0.3, -0.25) is 0 Å². The van der Waals surface area contributed by atoms with Crippen LogP contribution in [0.3, 0.4) is 0 Å². The van der Waals surface area contributed by atoms with Gasteiger partial charge in [0.1, 0.15) is 5.82 Å². The van der Waals surface area contributed by atoms with E-state index in [9.17, 15) is 14.3 Å².